The zero-order chi connectivity index (χ0) is 21.6. The van der Waals surface area contributed by atoms with Crippen molar-refractivity contribution >= 4 is 12.1 Å². The molecule has 0 fully saturated rings. The Morgan fingerprint density at radius 2 is 1.37 bits per heavy atom. The summed E-state index contributed by atoms with van der Waals surface area (Å²) in [7, 11) is 0. The first-order valence-corrected chi connectivity index (χ1v) is 9.73. The molecule has 0 radical (unpaired) electrons. The molecule has 0 aliphatic heterocycles. The molecule has 5 heteroatoms. The van der Waals surface area contributed by atoms with Gasteiger partial charge in [-0.3, -0.25) is 0 Å². The number of hydrogen-bond acceptors (Lipinski definition) is 5. The minimum absolute atomic E-state index is 0.0859. The van der Waals surface area contributed by atoms with Gasteiger partial charge in [-0.05, 0) is 42.3 Å². The fraction of sp³-hybridized carbons (Fsp3) is 0.200. The average Bonchev–Trinajstić information content (AvgIpc) is 2.75. The highest BCUT2D eigenvalue weighted by Gasteiger charge is 2.23. The number of carbonyl (C=O) groups excluding carboxylic acids is 2. The summed E-state index contributed by atoms with van der Waals surface area (Å²) in [5, 5.41) is 0. The van der Waals surface area contributed by atoms with E-state index in [2.05, 4.69) is 26.0 Å². The Balaban J connectivity index is 1.69. The van der Waals surface area contributed by atoms with Crippen LogP contribution < -0.4 is 9.47 Å². The molecule has 0 spiro atoms. The molecule has 0 amide bonds. The molecule has 3 aromatic rings. The van der Waals surface area contributed by atoms with Crippen molar-refractivity contribution in [3.05, 3.63) is 95.6 Å². The average molecular weight is 404 g/mol. The van der Waals surface area contributed by atoms with Gasteiger partial charge in [-0.2, -0.15) is 0 Å². The van der Waals surface area contributed by atoms with E-state index in [1.807, 2.05) is 30.3 Å². The standard InChI is InChI=1S/C25H24O5/c1-4-28-23(26)21-12-8-9-13-22(21)30-24(27)29-20-16-14-19(15-17-20)25(2,3)18-10-6-5-7-11-18/h5-17H,4H2,1-3H3. The summed E-state index contributed by atoms with van der Waals surface area (Å²) in [5.74, 6) is -0.127. The third-order valence-corrected chi connectivity index (χ3v) is 4.85. The van der Waals surface area contributed by atoms with E-state index in [4.69, 9.17) is 14.2 Å². The Kier molecular flexibility index (Phi) is 6.52. The number of carbonyl (C=O) groups is 2. The molecule has 0 heterocycles. The van der Waals surface area contributed by atoms with E-state index in [0.29, 0.717) is 5.75 Å². The second-order valence-corrected chi connectivity index (χ2v) is 7.19. The number of rotatable bonds is 6. The predicted molar refractivity (Wildman–Crippen MR) is 114 cm³/mol. The van der Waals surface area contributed by atoms with Crippen LogP contribution in [-0.2, 0) is 10.2 Å². The van der Waals surface area contributed by atoms with E-state index < -0.39 is 12.1 Å². The van der Waals surface area contributed by atoms with Crippen LogP contribution in [0.1, 0.15) is 42.3 Å². The van der Waals surface area contributed by atoms with Crippen LogP contribution in [0.15, 0.2) is 78.9 Å². The summed E-state index contributed by atoms with van der Waals surface area (Å²) < 4.78 is 15.5. The lowest BCUT2D eigenvalue weighted by molar-refractivity contribution is 0.0522. The van der Waals surface area contributed by atoms with Crippen LogP contribution in [0.5, 0.6) is 11.5 Å². The molecule has 0 aliphatic carbocycles. The van der Waals surface area contributed by atoms with Crippen molar-refractivity contribution in [2.75, 3.05) is 6.61 Å². The molecule has 0 bridgehead atoms. The van der Waals surface area contributed by atoms with Crippen molar-refractivity contribution in [1.29, 1.82) is 0 Å². The van der Waals surface area contributed by atoms with E-state index in [9.17, 15) is 9.59 Å². The molecule has 0 aromatic heterocycles. The highest BCUT2D eigenvalue weighted by atomic mass is 16.7. The molecule has 154 valence electrons. The molecular weight excluding hydrogens is 380 g/mol. The maximum atomic E-state index is 12.2. The van der Waals surface area contributed by atoms with Crippen molar-refractivity contribution in [3.8, 4) is 11.5 Å². The van der Waals surface area contributed by atoms with E-state index in [-0.39, 0.29) is 23.3 Å². The smallest absolute Gasteiger partial charge is 0.462 e. The molecule has 0 aliphatic rings. The van der Waals surface area contributed by atoms with Gasteiger partial charge in [-0.25, -0.2) is 9.59 Å². The largest absolute Gasteiger partial charge is 0.519 e. The maximum Gasteiger partial charge on any atom is 0.519 e. The fourth-order valence-electron chi connectivity index (χ4n) is 3.10. The van der Waals surface area contributed by atoms with Crippen LogP contribution in [0.2, 0.25) is 0 Å². The van der Waals surface area contributed by atoms with Gasteiger partial charge in [0.15, 0.2) is 0 Å². The molecule has 0 atom stereocenters. The summed E-state index contributed by atoms with van der Waals surface area (Å²) in [6.45, 7) is 6.21. The Morgan fingerprint density at radius 1 is 0.767 bits per heavy atom. The zero-order valence-electron chi connectivity index (χ0n) is 17.3. The minimum Gasteiger partial charge on any atom is -0.462 e. The maximum absolute atomic E-state index is 12.2. The highest BCUT2D eigenvalue weighted by molar-refractivity contribution is 5.93. The van der Waals surface area contributed by atoms with Gasteiger partial charge in [0.05, 0.1) is 6.61 Å². The SMILES string of the molecule is CCOC(=O)c1ccccc1OC(=O)Oc1ccc(C(C)(C)c2ccccc2)cc1. The Hall–Kier alpha value is -3.60. The summed E-state index contributed by atoms with van der Waals surface area (Å²) >= 11 is 0. The normalized spacial score (nSPS) is 10.9. The first-order valence-electron chi connectivity index (χ1n) is 9.73. The van der Waals surface area contributed by atoms with Gasteiger partial charge in [0.25, 0.3) is 0 Å². The van der Waals surface area contributed by atoms with Gasteiger partial charge in [0.2, 0.25) is 0 Å². The summed E-state index contributed by atoms with van der Waals surface area (Å²) in [4.78, 5) is 24.2. The van der Waals surface area contributed by atoms with E-state index in [0.717, 1.165) is 5.56 Å². The van der Waals surface area contributed by atoms with Crippen molar-refractivity contribution in [2.24, 2.45) is 0 Å². The monoisotopic (exact) mass is 404 g/mol. The first-order chi connectivity index (χ1) is 14.4. The van der Waals surface area contributed by atoms with Crippen LogP contribution in [-0.4, -0.2) is 18.7 Å². The van der Waals surface area contributed by atoms with Crippen molar-refractivity contribution in [3.63, 3.8) is 0 Å². The lowest BCUT2D eigenvalue weighted by Crippen LogP contribution is -2.19. The van der Waals surface area contributed by atoms with Gasteiger partial charge in [0.1, 0.15) is 17.1 Å². The first kappa shape index (κ1) is 21.1. The third-order valence-electron chi connectivity index (χ3n) is 4.85. The molecule has 0 saturated heterocycles. The lowest BCUT2D eigenvalue weighted by atomic mass is 9.78. The van der Waals surface area contributed by atoms with E-state index in [1.165, 1.54) is 17.7 Å². The summed E-state index contributed by atoms with van der Waals surface area (Å²) in [6.07, 6.45) is -0.929. The Labute approximate surface area is 176 Å². The summed E-state index contributed by atoms with van der Waals surface area (Å²) in [6, 6.07) is 23.8. The van der Waals surface area contributed by atoms with Crippen LogP contribution >= 0.6 is 0 Å². The lowest BCUT2D eigenvalue weighted by Gasteiger charge is -2.26. The van der Waals surface area contributed by atoms with Gasteiger partial charge >= 0.3 is 12.1 Å². The topological polar surface area (TPSA) is 61.8 Å². The van der Waals surface area contributed by atoms with Crippen LogP contribution in [0.3, 0.4) is 0 Å². The number of para-hydroxylation sites is 1. The molecular formula is C25H24O5. The number of esters is 1. The van der Waals surface area contributed by atoms with E-state index >= 15 is 0 Å². The molecule has 30 heavy (non-hydrogen) atoms. The Bertz CT molecular complexity index is 1010. The number of ether oxygens (including phenoxy) is 3. The van der Waals surface area contributed by atoms with Crippen molar-refractivity contribution in [1.82, 2.24) is 0 Å². The van der Waals surface area contributed by atoms with Crippen LogP contribution in [0.25, 0.3) is 0 Å². The number of benzene rings is 3. The zero-order valence-corrected chi connectivity index (χ0v) is 17.3. The Morgan fingerprint density at radius 3 is 2.03 bits per heavy atom. The van der Waals surface area contributed by atoms with Gasteiger partial charge in [-0.1, -0.05) is 68.4 Å². The van der Waals surface area contributed by atoms with Gasteiger partial charge < -0.3 is 14.2 Å². The molecule has 0 unspecified atom stereocenters. The van der Waals surface area contributed by atoms with Crippen LogP contribution in [0.4, 0.5) is 4.79 Å². The second-order valence-electron chi connectivity index (χ2n) is 7.19. The van der Waals surface area contributed by atoms with Gasteiger partial charge in [-0.15, -0.1) is 0 Å². The van der Waals surface area contributed by atoms with Crippen molar-refractivity contribution in [2.45, 2.75) is 26.2 Å². The van der Waals surface area contributed by atoms with Crippen molar-refractivity contribution < 1.29 is 23.8 Å². The van der Waals surface area contributed by atoms with Crippen LogP contribution in [0, 0.1) is 0 Å². The number of hydrogen-bond donors (Lipinski definition) is 0. The minimum atomic E-state index is -0.929. The highest BCUT2D eigenvalue weighted by Crippen LogP contribution is 2.32. The second kappa shape index (κ2) is 9.27. The third kappa shape index (κ3) is 4.87. The summed E-state index contributed by atoms with van der Waals surface area (Å²) in [5.41, 5.74) is 2.24. The molecule has 0 N–H and O–H groups in total. The molecule has 5 nitrogen and oxygen atoms in total. The molecule has 0 saturated carbocycles. The fourth-order valence-corrected chi connectivity index (χ4v) is 3.10. The molecule has 3 rings (SSSR count). The van der Waals surface area contributed by atoms with E-state index in [1.54, 1.807) is 31.2 Å². The van der Waals surface area contributed by atoms with Gasteiger partial charge in [0, 0.05) is 5.41 Å². The quantitative estimate of drug-likeness (QED) is 0.386. The molecule has 3 aromatic carbocycles. The predicted octanol–water partition coefficient (Wildman–Crippen LogP) is 5.77.